The maximum absolute atomic E-state index is 11.4. The van der Waals surface area contributed by atoms with Crippen LogP contribution in [0.5, 0.6) is 0 Å². The number of aliphatic carboxylic acids is 1. The number of carbonyl (C=O) groups excluding carboxylic acids is 1. The zero-order chi connectivity index (χ0) is 18.8. The summed E-state index contributed by atoms with van der Waals surface area (Å²) in [6, 6.07) is 0. The van der Waals surface area contributed by atoms with Crippen molar-refractivity contribution in [3.05, 3.63) is 12.2 Å². The smallest absolute Gasteiger partial charge is 0.344 e. The first-order chi connectivity index (χ1) is 12.1. The SMILES string of the molecule is CCCCCCCC/C=C\CCCCCCCC(=O)OC(C)C(=O)O.[K]. The summed E-state index contributed by atoms with van der Waals surface area (Å²) in [6.07, 6.45) is 19.7. The second kappa shape index (κ2) is 21.6. The minimum absolute atomic E-state index is 0. The van der Waals surface area contributed by atoms with Gasteiger partial charge in [-0.15, -0.1) is 0 Å². The number of carboxylic acid groups (broad SMARTS) is 1. The quantitative estimate of drug-likeness (QED) is 0.150. The first kappa shape index (κ1) is 28.5. The van der Waals surface area contributed by atoms with Gasteiger partial charge < -0.3 is 9.84 Å². The van der Waals surface area contributed by atoms with Crippen LogP contribution >= 0.6 is 0 Å². The van der Waals surface area contributed by atoms with E-state index in [-0.39, 0.29) is 51.4 Å². The van der Waals surface area contributed by atoms with E-state index in [2.05, 4.69) is 19.1 Å². The van der Waals surface area contributed by atoms with Crippen LogP contribution in [0, 0.1) is 0 Å². The van der Waals surface area contributed by atoms with Crippen molar-refractivity contribution in [2.75, 3.05) is 0 Å². The minimum atomic E-state index is -1.10. The van der Waals surface area contributed by atoms with E-state index in [1.807, 2.05) is 0 Å². The summed E-state index contributed by atoms with van der Waals surface area (Å²) < 4.78 is 4.78. The normalized spacial score (nSPS) is 11.9. The molecule has 0 aliphatic rings. The van der Waals surface area contributed by atoms with Gasteiger partial charge in [-0.3, -0.25) is 4.79 Å². The van der Waals surface area contributed by atoms with Crippen LogP contribution in [0.25, 0.3) is 0 Å². The Hall–Kier alpha value is 0.316. The van der Waals surface area contributed by atoms with Crippen LogP contribution < -0.4 is 0 Å². The number of hydrogen-bond donors (Lipinski definition) is 1. The zero-order valence-corrected chi connectivity index (χ0v) is 20.4. The van der Waals surface area contributed by atoms with Crippen molar-refractivity contribution in [1.82, 2.24) is 0 Å². The van der Waals surface area contributed by atoms with Crippen molar-refractivity contribution < 1.29 is 19.4 Å². The summed E-state index contributed by atoms with van der Waals surface area (Å²) in [7, 11) is 0. The molecule has 0 fully saturated rings. The van der Waals surface area contributed by atoms with Gasteiger partial charge in [-0.2, -0.15) is 0 Å². The Labute approximate surface area is 203 Å². The maximum atomic E-state index is 11.4. The molecule has 0 amide bonds. The van der Waals surface area contributed by atoms with Crippen molar-refractivity contribution in [2.24, 2.45) is 0 Å². The van der Waals surface area contributed by atoms with Gasteiger partial charge in [-0.05, 0) is 39.0 Å². The average Bonchev–Trinajstić information content (AvgIpc) is 2.58. The van der Waals surface area contributed by atoms with E-state index in [1.54, 1.807) is 0 Å². The Morgan fingerprint density at radius 1 is 0.846 bits per heavy atom. The van der Waals surface area contributed by atoms with Gasteiger partial charge in [-0.1, -0.05) is 70.4 Å². The van der Waals surface area contributed by atoms with E-state index in [0.717, 1.165) is 25.7 Å². The number of unbranched alkanes of at least 4 members (excludes halogenated alkanes) is 11. The van der Waals surface area contributed by atoms with Crippen LogP contribution in [0.4, 0.5) is 0 Å². The van der Waals surface area contributed by atoms with Crippen LogP contribution in [0.15, 0.2) is 12.2 Å². The molecule has 0 spiro atoms. The molecule has 1 radical (unpaired) electrons. The van der Waals surface area contributed by atoms with Gasteiger partial charge in [0.2, 0.25) is 0 Å². The fraction of sp³-hybridized carbons (Fsp3) is 0.810. The van der Waals surface area contributed by atoms with E-state index >= 15 is 0 Å². The van der Waals surface area contributed by atoms with Gasteiger partial charge in [0.25, 0.3) is 0 Å². The number of rotatable bonds is 17. The van der Waals surface area contributed by atoms with E-state index in [4.69, 9.17) is 9.84 Å². The number of allylic oxidation sites excluding steroid dienone is 2. The molecular formula is C21H38KO4. The Kier molecular flexibility index (Phi) is 23.7. The third kappa shape index (κ3) is 20.6. The Balaban J connectivity index is 0. The molecule has 0 bridgehead atoms. The van der Waals surface area contributed by atoms with Crippen molar-refractivity contribution in [2.45, 2.75) is 110 Å². The topological polar surface area (TPSA) is 63.6 Å². The zero-order valence-electron chi connectivity index (χ0n) is 17.3. The second-order valence-electron chi connectivity index (χ2n) is 6.80. The van der Waals surface area contributed by atoms with Gasteiger partial charge in [0.15, 0.2) is 6.10 Å². The molecule has 1 atom stereocenters. The molecule has 0 aromatic heterocycles. The molecule has 0 aliphatic carbocycles. The summed E-state index contributed by atoms with van der Waals surface area (Å²) in [5.41, 5.74) is 0. The fourth-order valence-corrected chi connectivity index (χ4v) is 2.65. The number of esters is 1. The monoisotopic (exact) mass is 393 g/mol. The predicted molar refractivity (Wildman–Crippen MR) is 108 cm³/mol. The number of hydrogen-bond acceptors (Lipinski definition) is 3. The molecule has 0 rings (SSSR count). The van der Waals surface area contributed by atoms with E-state index in [1.165, 1.54) is 64.7 Å². The Bertz CT molecular complexity index is 369. The summed E-state index contributed by atoms with van der Waals surface area (Å²) in [5, 5.41) is 8.65. The summed E-state index contributed by atoms with van der Waals surface area (Å²) in [5.74, 6) is -1.51. The van der Waals surface area contributed by atoms with Crippen molar-refractivity contribution in [1.29, 1.82) is 0 Å². The molecule has 0 heterocycles. The number of carbonyl (C=O) groups is 2. The van der Waals surface area contributed by atoms with E-state index < -0.39 is 18.0 Å². The number of ether oxygens (including phenoxy) is 1. The second-order valence-corrected chi connectivity index (χ2v) is 6.80. The molecule has 0 saturated carbocycles. The minimum Gasteiger partial charge on any atom is -0.479 e. The molecule has 147 valence electrons. The van der Waals surface area contributed by atoms with Crippen LogP contribution in [-0.4, -0.2) is 74.5 Å². The molecule has 5 heteroatoms. The maximum Gasteiger partial charge on any atom is 0.344 e. The van der Waals surface area contributed by atoms with Crippen molar-refractivity contribution >= 4 is 63.3 Å². The van der Waals surface area contributed by atoms with Gasteiger partial charge in [0.05, 0.1) is 0 Å². The van der Waals surface area contributed by atoms with Crippen LogP contribution in [0.2, 0.25) is 0 Å². The first-order valence-electron chi connectivity index (χ1n) is 10.1. The van der Waals surface area contributed by atoms with Gasteiger partial charge in [0, 0.05) is 57.8 Å². The van der Waals surface area contributed by atoms with Gasteiger partial charge in [-0.25, -0.2) is 4.79 Å². The predicted octanol–water partition coefficient (Wildman–Crippen LogP) is 5.66. The van der Waals surface area contributed by atoms with Gasteiger partial charge >= 0.3 is 11.9 Å². The molecule has 26 heavy (non-hydrogen) atoms. The van der Waals surface area contributed by atoms with Crippen LogP contribution in [0.3, 0.4) is 0 Å². The third-order valence-electron chi connectivity index (χ3n) is 4.30. The van der Waals surface area contributed by atoms with Crippen LogP contribution in [0.1, 0.15) is 104 Å². The third-order valence-corrected chi connectivity index (χ3v) is 4.30. The molecule has 0 saturated heterocycles. The molecule has 1 N–H and O–H groups in total. The molecule has 1 unspecified atom stereocenters. The summed E-state index contributed by atoms with van der Waals surface area (Å²) >= 11 is 0. The van der Waals surface area contributed by atoms with Crippen molar-refractivity contribution in [3.8, 4) is 0 Å². The fourth-order valence-electron chi connectivity index (χ4n) is 2.65. The Morgan fingerprint density at radius 2 is 1.31 bits per heavy atom. The summed E-state index contributed by atoms with van der Waals surface area (Å²) in [6.45, 7) is 3.62. The van der Waals surface area contributed by atoms with Crippen LogP contribution in [-0.2, 0) is 14.3 Å². The molecular weight excluding hydrogens is 355 g/mol. The van der Waals surface area contributed by atoms with E-state index in [0.29, 0.717) is 6.42 Å². The standard InChI is InChI=1S/C21H38O4.K/c1-3-4-5-6-7-8-9-10-11-12-13-14-15-16-17-18-20(22)25-19(2)21(23)24;/h10-11,19H,3-9,12-18H2,1-2H3,(H,23,24);/b11-10-;. The molecule has 0 aromatic rings. The van der Waals surface area contributed by atoms with Crippen molar-refractivity contribution in [3.63, 3.8) is 0 Å². The first-order valence-corrected chi connectivity index (χ1v) is 10.1. The molecule has 4 nitrogen and oxygen atoms in total. The largest absolute Gasteiger partial charge is 0.479 e. The average molecular weight is 394 g/mol. The molecule has 0 aliphatic heterocycles. The number of carboxylic acids is 1. The Morgan fingerprint density at radius 3 is 1.81 bits per heavy atom. The van der Waals surface area contributed by atoms with Gasteiger partial charge in [0.1, 0.15) is 0 Å². The van der Waals surface area contributed by atoms with E-state index in [9.17, 15) is 9.59 Å². The molecule has 0 aromatic carbocycles. The summed E-state index contributed by atoms with van der Waals surface area (Å²) in [4.78, 5) is 22.0.